The minimum atomic E-state index is -0.537. The molecule has 1 aliphatic carbocycles. The third-order valence-electron chi connectivity index (χ3n) is 6.11. The molecule has 3 aliphatic rings. The lowest BCUT2D eigenvalue weighted by molar-refractivity contribution is 0.0301. The van der Waals surface area contributed by atoms with Crippen LogP contribution in [0.5, 0.6) is 5.75 Å². The summed E-state index contributed by atoms with van der Waals surface area (Å²) in [6.45, 7) is 1.46. The lowest BCUT2D eigenvalue weighted by Crippen LogP contribution is -2.55. The third kappa shape index (κ3) is 3.37. The van der Waals surface area contributed by atoms with E-state index < -0.39 is 5.60 Å². The van der Waals surface area contributed by atoms with Crippen molar-refractivity contribution >= 4 is 11.7 Å². The van der Waals surface area contributed by atoms with Crippen molar-refractivity contribution in [2.45, 2.75) is 37.2 Å². The summed E-state index contributed by atoms with van der Waals surface area (Å²) in [6.07, 6.45) is 12.2. The number of ketones is 1. The summed E-state index contributed by atoms with van der Waals surface area (Å²) in [7, 11) is 0. The summed E-state index contributed by atoms with van der Waals surface area (Å²) < 4.78 is 6.47. The highest BCUT2D eigenvalue weighted by atomic mass is 16.5. The molecule has 1 spiro atoms. The average Bonchev–Trinajstić information content (AvgIpc) is 2.79. The monoisotopic (exact) mass is 398 g/mol. The Morgan fingerprint density at radius 2 is 2.13 bits per heavy atom. The Balaban J connectivity index is 1.41. The Bertz CT molecular complexity index is 1090. The van der Waals surface area contributed by atoms with Gasteiger partial charge in [-0.25, -0.2) is 9.97 Å². The molecule has 3 heterocycles. The van der Waals surface area contributed by atoms with Crippen molar-refractivity contribution in [2.24, 2.45) is 0 Å². The smallest absolute Gasteiger partial charge is 0.225 e. The number of aromatic nitrogens is 2. The first-order valence-electron chi connectivity index (χ1n) is 10.3. The van der Waals surface area contributed by atoms with Gasteiger partial charge in [-0.3, -0.25) is 4.79 Å². The van der Waals surface area contributed by atoms with Gasteiger partial charge in [-0.2, -0.15) is 5.26 Å². The number of rotatable bonds is 2. The first kappa shape index (κ1) is 18.6. The third-order valence-corrected chi connectivity index (χ3v) is 6.11. The largest absolute Gasteiger partial charge is 0.484 e. The molecule has 0 bridgehead atoms. The standard InChI is InChI=1S/C24H22N4O2/c25-15-17-4-1-5-18(12-17)19-6-7-22-20(13-19)21(29)14-24(30-22)8-2-11-28(16-24)23-26-9-3-10-27-23/h1,3-4,6-7,9-10,12-13,18H,2,5,8,11,14,16H2. The highest BCUT2D eigenvalue weighted by Gasteiger charge is 2.44. The molecule has 1 saturated heterocycles. The van der Waals surface area contributed by atoms with Crippen LogP contribution in [0, 0.1) is 11.3 Å². The number of carbonyl (C=O) groups excluding carboxylic acids is 1. The summed E-state index contributed by atoms with van der Waals surface area (Å²) >= 11 is 0. The van der Waals surface area contributed by atoms with Crippen LogP contribution in [0.25, 0.3) is 0 Å². The molecule has 0 radical (unpaired) electrons. The lowest BCUT2D eigenvalue weighted by Gasteiger charge is -2.44. The highest BCUT2D eigenvalue weighted by molar-refractivity contribution is 6.00. The van der Waals surface area contributed by atoms with Gasteiger partial charge < -0.3 is 9.64 Å². The van der Waals surface area contributed by atoms with E-state index in [-0.39, 0.29) is 11.7 Å². The molecule has 1 aromatic carbocycles. The van der Waals surface area contributed by atoms with E-state index in [2.05, 4.69) is 20.9 Å². The van der Waals surface area contributed by atoms with Crippen LogP contribution in [0.3, 0.4) is 0 Å². The first-order valence-corrected chi connectivity index (χ1v) is 10.3. The maximum atomic E-state index is 13.1. The second-order valence-corrected chi connectivity index (χ2v) is 8.19. The minimum Gasteiger partial charge on any atom is -0.484 e. The number of hydrogen-bond donors (Lipinski definition) is 0. The minimum absolute atomic E-state index is 0.110. The molecule has 0 N–H and O–H groups in total. The van der Waals surface area contributed by atoms with E-state index in [0.717, 1.165) is 31.4 Å². The molecular formula is C24H22N4O2. The van der Waals surface area contributed by atoms with E-state index in [1.807, 2.05) is 36.4 Å². The van der Waals surface area contributed by atoms with Crippen LogP contribution in [0.1, 0.15) is 47.5 Å². The molecule has 150 valence electrons. The molecule has 1 fully saturated rings. The molecule has 2 atom stereocenters. The van der Waals surface area contributed by atoms with Crippen molar-refractivity contribution < 1.29 is 9.53 Å². The molecule has 6 nitrogen and oxygen atoms in total. The Labute approximate surface area is 175 Å². The predicted molar refractivity (Wildman–Crippen MR) is 112 cm³/mol. The van der Waals surface area contributed by atoms with Crippen molar-refractivity contribution in [3.8, 4) is 11.8 Å². The number of piperidine rings is 1. The van der Waals surface area contributed by atoms with Gasteiger partial charge >= 0.3 is 0 Å². The van der Waals surface area contributed by atoms with Gasteiger partial charge in [0.25, 0.3) is 0 Å². The van der Waals surface area contributed by atoms with Gasteiger partial charge in [0.05, 0.1) is 24.6 Å². The van der Waals surface area contributed by atoms with Crippen LogP contribution in [-0.2, 0) is 0 Å². The van der Waals surface area contributed by atoms with Crippen molar-refractivity contribution in [1.82, 2.24) is 9.97 Å². The summed E-state index contributed by atoms with van der Waals surface area (Å²) in [6, 6.07) is 9.88. The first-order chi connectivity index (χ1) is 14.7. The second kappa shape index (κ2) is 7.42. The molecule has 2 aromatic rings. The topological polar surface area (TPSA) is 79.1 Å². The number of benzene rings is 1. The SMILES string of the molecule is N#CC1=CC(c2ccc3c(c2)C(=O)CC2(CCCN(c4ncccn4)C2)O3)CC=C1. The lowest BCUT2D eigenvalue weighted by atomic mass is 9.82. The van der Waals surface area contributed by atoms with Gasteiger partial charge in [-0.1, -0.05) is 18.2 Å². The summed E-state index contributed by atoms with van der Waals surface area (Å²) in [5.41, 5.74) is 1.81. The number of fused-ring (bicyclic) bond motifs is 1. The highest BCUT2D eigenvalue weighted by Crippen LogP contribution is 2.40. The van der Waals surface area contributed by atoms with E-state index in [4.69, 9.17) is 4.74 Å². The quantitative estimate of drug-likeness (QED) is 0.761. The Kier molecular flexibility index (Phi) is 4.59. The zero-order valence-electron chi connectivity index (χ0n) is 16.6. The van der Waals surface area contributed by atoms with E-state index in [1.165, 1.54) is 0 Å². The fraction of sp³-hybridized carbons (Fsp3) is 0.333. The van der Waals surface area contributed by atoms with Crippen molar-refractivity contribution in [3.05, 3.63) is 71.6 Å². The Hall–Kier alpha value is -3.46. The summed E-state index contributed by atoms with van der Waals surface area (Å²) in [5.74, 6) is 1.56. The molecule has 6 heteroatoms. The molecule has 2 unspecified atom stereocenters. The fourth-order valence-electron chi connectivity index (χ4n) is 4.68. The van der Waals surface area contributed by atoms with E-state index >= 15 is 0 Å². The Morgan fingerprint density at radius 3 is 2.97 bits per heavy atom. The zero-order chi connectivity index (χ0) is 20.6. The number of anilines is 1. The van der Waals surface area contributed by atoms with Gasteiger partial charge in [0.2, 0.25) is 5.95 Å². The number of carbonyl (C=O) groups is 1. The van der Waals surface area contributed by atoms with Crippen LogP contribution < -0.4 is 9.64 Å². The van der Waals surface area contributed by atoms with Crippen LogP contribution in [0.2, 0.25) is 0 Å². The van der Waals surface area contributed by atoms with E-state index in [9.17, 15) is 10.1 Å². The molecule has 0 saturated carbocycles. The van der Waals surface area contributed by atoms with Crippen LogP contribution in [-0.4, -0.2) is 34.4 Å². The second-order valence-electron chi connectivity index (χ2n) is 8.19. The van der Waals surface area contributed by atoms with Gasteiger partial charge in [-0.15, -0.1) is 0 Å². The van der Waals surface area contributed by atoms with Crippen molar-refractivity contribution in [2.75, 3.05) is 18.0 Å². The molecule has 5 rings (SSSR count). The maximum absolute atomic E-state index is 13.1. The van der Waals surface area contributed by atoms with E-state index in [0.29, 0.717) is 35.8 Å². The van der Waals surface area contributed by atoms with Crippen LogP contribution >= 0.6 is 0 Å². The van der Waals surface area contributed by atoms with Crippen molar-refractivity contribution in [1.29, 1.82) is 5.26 Å². The summed E-state index contributed by atoms with van der Waals surface area (Å²) in [5, 5.41) is 9.18. The van der Waals surface area contributed by atoms with Crippen LogP contribution in [0.15, 0.2) is 60.5 Å². The van der Waals surface area contributed by atoms with Gasteiger partial charge in [0.1, 0.15) is 11.4 Å². The van der Waals surface area contributed by atoms with Gasteiger partial charge in [-0.05, 0) is 49.1 Å². The number of allylic oxidation sites excluding steroid dienone is 4. The maximum Gasteiger partial charge on any atom is 0.225 e. The Morgan fingerprint density at radius 1 is 1.27 bits per heavy atom. The average molecular weight is 398 g/mol. The number of nitriles is 1. The molecule has 0 amide bonds. The van der Waals surface area contributed by atoms with Crippen LogP contribution in [0.4, 0.5) is 5.95 Å². The predicted octanol–water partition coefficient (Wildman–Crippen LogP) is 3.97. The molecule has 30 heavy (non-hydrogen) atoms. The van der Waals surface area contributed by atoms with Gasteiger partial charge in [0.15, 0.2) is 5.78 Å². The zero-order valence-corrected chi connectivity index (χ0v) is 16.6. The normalized spacial score (nSPS) is 25.3. The van der Waals surface area contributed by atoms with E-state index in [1.54, 1.807) is 18.5 Å². The number of hydrogen-bond acceptors (Lipinski definition) is 6. The number of nitrogens with zero attached hydrogens (tertiary/aromatic N) is 4. The van der Waals surface area contributed by atoms with Gasteiger partial charge in [0, 0.05) is 30.4 Å². The molecular weight excluding hydrogens is 376 g/mol. The fourth-order valence-corrected chi connectivity index (χ4v) is 4.68. The number of ether oxygens (including phenoxy) is 1. The molecule has 1 aromatic heterocycles. The number of Topliss-reactive ketones (excluding diaryl/α,β-unsaturated/α-hetero) is 1. The molecule has 2 aliphatic heterocycles. The summed E-state index contributed by atoms with van der Waals surface area (Å²) in [4.78, 5) is 24.0. The van der Waals surface area contributed by atoms with Crippen molar-refractivity contribution in [3.63, 3.8) is 0 Å².